The highest BCUT2D eigenvalue weighted by molar-refractivity contribution is 5.79. The third-order valence-corrected chi connectivity index (χ3v) is 3.85. The highest BCUT2D eigenvalue weighted by Crippen LogP contribution is 2.28. The Morgan fingerprint density at radius 1 is 0.958 bits per heavy atom. The van der Waals surface area contributed by atoms with E-state index >= 15 is 0 Å². The Hall–Kier alpha value is -3.21. The normalized spacial score (nSPS) is 10.9. The van der Waals surface area contributed by atoms with Crippen molar-refractivity contribution in [2.45, 2.75) is 0 Å². The zero-order valence-corrected chi connectivity index (χ0v) is 13.0. The first kappa shape index (κ1) is 14.4. The Kier molecular flexibility index (Phi) is 3.46. The number of halogens is 1. The minimum atomic E-state index is -0.274. The second-order valence-corrected chi connectivity index (χ2v) is 5.32. The SMILES string of the molecule is COc1ccc(-n2c(-c3ccc(F)cc3)nc3cccnc32)cc1. The van der Waals surface area contributed by atoms with Gasteiger partial charge in [0.1, 0.15) is 22.9 Å². The van der Waals surface area contributed by atoms with Crippen LogP contribution in [0.15, 0.2) is 66.9 Å². The average Bonchev–Trinajstić information content (AvgIpc) is 3.02. The summed E-state index contributed by atoms with van der Waals surface area (Å²) in [6.45, 7) is 0. The number of imidazole rings is 1. The van der Waals surface area contributed by atoms with E-state index in [1.54, 1.807) is 25.4 Å². The Morgan fingerprint density at radius 2 is 1.71 bits per heavy atom. The number of hydrogen-bond donors (Lipinski definition) is 0. The smallest absolute Gasteiger partial charge is 0.164 e. The van der Waals surface area contributed by atoms with Crippen molar-refractivity contribution in [2.75, 3.05) is 7.11 Å². The van der Waals surface area contributed by atoms with Crippen molar-refractivity contribution in [1.82, 2.24) is 14.5 Å². The molecule has 0 aliphatic carbocycles. The summed E-state index contributed by atoms with van der Waals surface area (Å²) in [5, 5.41) is 0. The Bertz CT molecular complexity index is 991. The number of nitrogens with zero attached hydrogens (tertiary/aromatic N) is 3. The summed E-state index contributed by atoms with van der Waals surface area (Å²) in [4.78, 5) is 9.14. The van der Waals surface area contributed by atoms with Gasteiger partial charge < -0.3 is 4.74 Å². The van der Waals surface area contributed by atoms with Crippen molar-refractivity contribution in [2.24, 2.45) is 0 Å². The molecule has 4 nitrogen and oxygen atoms in total. The molecule has 0 spiro atoms. The molecule has 0 aliphatic heterocycles. The average molecular weight is 319 g/mol. The Balaban J connectivity index is 1.97. The van der Waals surface area contributed by atoms with Gasteiger partial charge in [0, 0.05) is 17.4 Å². The van der Waals surface area contributed by atoms with E-state index < -0.39 is 0 Å². The lowest BCUT2D eigenvalue weighted by Gasteiger charge is -2.09. The minimum Gasteiger partial charge on any atom is -0.497 e. The molecule has 0 N–H and O–H groups in total. The van der Waals surface area contributed by atoms with Gasteiger partial charge in [-0.25, -0.2) is 14.4 Å². The number of hydrogen-bond acceptors (Lipinski definition) is 3. The molecule has 4 rings (SSSR count). The number of methoxy groups -OCH3 is 1. The van der Waals surface area contributed by atoms with Crippen LogP contribution in [0.4, 0.5) is 4.39 Å². The fourth-order valence-corrected chi connectivity index (χ4v) is 2.68. The quantitative estimate of drug-likeness (QED) is 0.567. The van der Waals surface area contributed by atoms with E-state index in [0.717, 1.165) is 28.2 Å². The van der Waals surface area contributed by atoms with Crippen molar-refractivity contribution >= 4 is 11.2 Å². The van der Waals surface area contributed by atoms with E-state index in [0.29, 0.717) is 5.82 Å². The first-order valence-electron chi connectivity index (χ1n) is 7.50. The van der Waals surface area contributed by atoms with Crippen molar-refractivity contribution in [3.05, 3.63) is 72.7 Å². The van der Waals surface area contributed by atoms with Gasteiger partial charge in [0.15, 0.2) is 5.65 Å². The molecule has 24 heavy (non-hydrogen) atoms. The topological polar surface area (TPSA) is 39.9 Å². The number of pyridine rings is 1. The van der Waals surface area contributed by atoms with Gasteiger partial charge in [-0.15, -0.1) is 0 Å². The Labute approximate surface area is 138 Å². The fraction of sp³-hybridized carbons (Fsp3) is 0.0526. The molecular formula is C19H14FN3O. The Morgan fingerprint density at radius 3 is 2.42 bits per heavy atom. The summed E-state index contributed by atoms with van der Waals surface area (Å²) in [5.41, 5.74) is 3.27. The molecule has 0 unspecified atom stereocenters. The van der Waals surface area contributed by atoms with Crippen molar-refractivity contribution < 1.29 is 9.13 Å². The van der Waals surface area contributed by atoms with Gasteiger partial charge >= 0.3 is 0 Å². The molecule has 0 saturated carbocycles. The van der Waals surface area contributed by atoms with Crippen LogP contribution >= 0.6 is 0 Å². The summed E-state index contributed by atoms with van der Waals surface area (Å²) in [7, 11) is 1.63. The number of aromatic nitrogens is 3. The molecule has 0 amide bonds. The van der Waals surface area contributed by atoms with Crippen LogP contribution in [-0.4, -0.2) is 21.6 Å². The molecule has 2 aromatic heterocycles. The van der Waals surface area contributed by atoms with Crippen LogP contribution < -0.4 is 4.74 Å². The fourth-order valence-electron chi connectivity index (χ4n) is 2.68. The van der Waals surface area contributed by atoms with E-state index in [4.69, 9.17) is 4.74 Å². The van der Waals surface area contributed by atoms with Gasteiger partial charge in [0.2, 0.25) is 0 Å². The summed E-state index contributed by atoms with van der Waals surface area (Å²) in [6.07, 6.45) is 1.73. The molecule has 0 fully saturated rings. The second kappa shape index (κ2) is 5.77. The zero-order chi connectivity index (χ0) is 16.5. The molecule has 118 valence electrons. The minimum absolute atomic E-state index is 0.274. The van der Waals surface area contributed by atoms with E-state index in [-0.39, 0.29) is 5.82 Å². The second-order valence-electron chi connectivity index (χ2n) is 5.32. The molecule has 5 heteroatoms. The summed E-state index contributed by atoms with van der Waals surface area (Å²) < 4.78 is 20.4. The van der Waals surface area contributed by atoms with Gasteiger partial charge in [-0.2, -0.15) is 0 Å². The molecule has 0 atom stereocenters. The highest BCUT2D eigenvalue weighted by atomic mass is 19.1. The van der Waals surface area contributed by atoms with Crippen LogP contribution in [0.25, 0.3) is 28.2 Å². The molecule has 2 heterocycles. The van der Waals surface area contributed by atoms with Crippen molar-refractivity contribution in [3.63, 3.8) is 0 Å². The van der Waals surface area contributed by atoms with Crippen LogP contribution in [0, 0.1) is 5.82 Å². The first-order chi connectivity index (χ1) is 11.8. The van der Waals surface area contributed by atoms with Crippen LogP contribution in [0.3, 0.4) is 0 Å². The predicted molar refractivity (Wildman–Crippen MR) is 90.8 cm³/mol. The van der Waals surface area contributed by atoms with E-state index in [1.807, 2.05) is 41.0 Å². The largest absolute Gasteiger partial charge is 0.497 e. The molecule has 0 saturated heterocycles. The van der Waals surface area contributed by atoms with E-state index in [1.165, 1.54) is 12.1 Å². The highest BCUT2D eigenvalue weighted by Gasteiger charge is 2.15. The van der Waals surface area contributed by atoms with Crippen molar-refractivity contribution in [3.8, 4) is 22.8 Å². The lowest BCUT2D eigenvalue weighted by atomic mass is 10.2. The lowest BCUT2D eigenvalue weighted by Crippen LogP contribution is -1.98. The third kappa shape index (κ3) is 2.40. The van der Waals surface area contributed by atoms with Gasteiger partial charge in [0.25, 0.3) is 0 Å². The third-order valence-electron chi connectivity index (χ3n) is 3.85. The maximum Gasteiger partial charge on any atom is 0.164 e. The van der Waals surface area contributed by atoms with Crippen LogP contribution in [0.1, 0.15) is 0 Å². The molecule has 4 aromatic rings. The summed E-state index contributed by atoms with van der Waals surface area (Å²) in [6, 6.07) is 17.7. The van der Waals surface area contributed by atoms with Crippen molar-refractivity contribution in [1.29, 1.82) is 0 Å². The molecule has 0 bridgehead atoms. The molecule has 0 aliphatic rings. The van der Waals surface area contributed by atoms with Gasteiger partial charge in [0.05, 0.1) is 7.11 Å². The standard InChI is InChI=1S/C19H14FN3O/c1-24-16-10-8-15(9-11-16)23-18(13-4-6-14(20)7-5-13)22-17-3-2-12-21-19(17)23/h2-12H,1H3. The first-order valence-corrected chi connectivity index (χ1v) is 7.50. The number of benzene rings is 2. The zero-order valence-electron chi connectivity index (χ0n) is 13.0. The van der Waals surface area contributed by atoms with Crippen LogP contribution in [0.2, 0.25) is 0 Å². The van der Waals surface area contributed by atoms with E-state index in [9.17, 15) is 4.39 Å². The van der Waals surface area contributed by atoms with Crippen LogP contribution in [-0.2, 0) is 0 Å². The van der Waals surface area contributed by atoms with E-state index in [2.05, 4.69) is 9.97 Å². The number of rotatable bonds is 3. The number of ether oxygens (including phenoxy) is 1. The summed E-state index contributed by atoms with van der Waals surface area (Å²) in [5.74, 6) is 1.22. The maximum absolute atomic E-state index is 13.3. The maximum atomic E-state index is 13.3. The van der Waals surface area contributed by atoms with Gasteiger partial charge in [-0.05, 0) is 60.7 Å². The molecule has 0 radical (unpaired) electrons. The monoisotopic (exact) mass is 319 g/mol. The number of fused-ring (bicyclic) bond motifs is 1. The predicted octanol–water partition coefficient (Wildman–Crippen LogP) is 4.24. The van der Waals surface area contributed by atoms with Crippen LogP contribution in [0.5, 0.6) is 5.75 Å². The summed E-state index contributed by atoms with van der Waals surface area (Å²) >= 11 is 0. The molecular weight excluding hydrogens is 305 g/mol. The molecule has 2 aromatic carbocycles. The lowest BCUT2D eigenvalue weighted by molar-refractivity contribution is 0.415. The van der Waals surface area contributed by atoms with Gasteiger partial charge in [-0.1, -0.05) is 0 Å². The van der Waals surface area contributed by atoms with Gasteiger partial charge in [-0.3, -0.25) is 4.57 Å².